The number of piperidine rings is 2. The fourth-order valence-corrected chi connectivity index (χ4v) is 4.31. The smallest absolute Gasteiger partial charge is 0.224 e. The van der Waals surface area contributed by atoms with Crippen molar-refractivity contribution in [2.45, 2.75) is 39.0 Å². The third kappa shape index (κ3) is 6.04. The zero-order chi connectivity index (χ0) is 16.9. The van der Waals surface area contributed by atoms with Crippen LogP contribution in [0.1, 0.15) is 39.0 Å². The molecular weight excluding hydrogens is 314 g/mol. The number of likely N-dealkylation sites (tertiary alicyclic amines) is 1. The van der Waals surface area contributed by atoms with Crippen molar-refractivity contribution in [1.29, 1.82) is 0 Å². The number of carbonyl (C=O) groups is 1. The lowest BCUT2D eigenvalue weighted by atomic mass is 9.98. The quantitative estimate of drug-likeness (QED) is 0.726. The molecule has 7 heteroatoms. The Morgan fingerprint density at radius 1 is 1.17 bits per heavy atom. The van der Waals surface area contributed by atoms with Gasteiger partial charge in [-0.2, -0.15) is 0 Å². The second-order valence-electron chi connectivity index (χ2n) is 7.13. The Labute approximate surface area is 140 Å². The maximum atomic E-state index is 12.2. The summed E-state index contributed by atoms with van der Waals surface area (Å²) in [6.45, 7) is 7.22. The first-order valence-corrected chi connectivity index (χ1v) is 10.7. The third-order valence-corrected chi connectivity index (χ3v) is 6.32. The van der Waals surface area contributed by atoms with Gasteiger partial charge >= 0.3 is 0 Å². The molecule has 1 atom stereocenters. The summed E-state index contributed by atoms with van der Waals surface area (Å²) in [7, 11) is -3.19. The molecule has 0 saturated carbocycles. The Morgan fingerprint density at radius 2 is 1.87 bits per heavy atom. The van der Waals surface area contributed by atoms with E-state index in [0.29, 0.717) is 19.6 Å². The van der Waals surface area contributed by atoms with Crippen LogP contribution in [0.5, 0.6) is 0 Å². The highest BCUT2D eigenvalue weighted by Gasteiger charge is 2.29. The van der Waals surface area contributed by atoms with Crippen LogP contribution in [0.3, 0.4) is 0 Å². The number of rotatable bonds is 6. The minimum Gasteiger partial charge on any atom is -0.356 e. The number of amides is 1. The molecular formula is C16H31N3O3S. The third-order valence-electron chi connectivity index (χ3n) is 5.05. The van der Waals surface area contributed by atoms with E-state index in [1.165, 1.54) is 36.5 Å². The van der Waals surface area contributed by atoms with Crippen LogP contribution in [0, 0.1) is 11.8 Å². The lowest BCUT2D eigenvalue weighted by Gasteiger charge is -2.31. The van der Waals surface area contributed by atoms with Gasteiger partial charge in [0.15, 0.2) is 0 Å². The predicted octanol–water partition coefficient (Wildman–Crippen LogP) is 0.896. The maximum absolute atomic E-state index is 12.2. The molecule has 2 aliphatic rings. The van der Waals surface area contributed by atoms with Gasteiger partial charge in [0.2, 0.25) is 15.9 Å². The Kier molecular flexibility index (Phi) is 6.85. The lowest BCUT2D eigenvalue weighted by Crippen LogP contribution is -2.45. The zero-order valence-corrected chi connectivity index (χ0v) is 15.3. The van der Waals surface area contributed by atoms with Crippen LogP contribution in [0.2, 0.25) is 0 Å². The van der Waals surface area contributed by atoms with Gasteiger partial charge in [-0.15, -0.1) is 0 Å². The number of hydrogen-bond acceptors (Lipinski definition) is 4. The molecule has 6 nitrogen and oxygen atoms in total. The van der Waals surface area contributed by atoms with E-state index in [2.05, 4.69) is 17.1 Å². The van der Waals surface area contributed by atoms with E-state index in [1.807, 2.05) is 0 Å². The molecule has 0 aliphatic carbocycles. The molecule has 2 rings (SSSR count). The summed E-state index contributed by atoms with van der Waals surface area (Å²) < 4.78 is 24.6. The van der Waals surface area contributed by atoms with Crippen molar-refractivity contribution in [2.75, 3.05) is 45.5 Å². The van der Waals surface area contributed by atoms with Crippen LogP contribution in [-0.2, 0) is 14.8 Å². The summed E-state index contributed by atoms with van der Waals surface area (Å²) in [5.74, 6) is 0.648. The summed E-state index contributed by atoms with van der Waals surface area (Å²) in [5, 5.41) is 2.99. The second kappa shape index (κ2) is 8.44. The van der Waals surface area contributed by atoms with Crippen molar-refractivity contribution in [1.82, 2.24) is 14.5 Å². The van der Waals surface area contributed by atoms with E-state index in [1.54, 1.807) is 0 Å². The minimum atomic E-state index is -3.19. The average Bonchev–Trinajstić information content (AvgIpc) is 2.52. The van der Waals surface area contributed by atoms with E-state index in [9.17, 15) is 13.2 Å². The first-order valence-electron chi connectivity index (χ1n) is 8.81. The van der Waals surface area contributed by atoms with Gasteiger partial charge in [-0.3, -0.25) is 4.79 Å². The van der Waals surface area contributed by atoms with Gasteiger partial charge in [-0.1, -0.05) is 6.92 Å². The van der Waals surface area contributed by atoms with Crippen molar-refractivity contribution < 1.29 is 13.2 Å². The molecule has 0 bridgehead atoms. The van der Waals surface area contributed by atoms with Crippen molar-refractivity contribution in [3.8, 4) is 0 Å². The Bertz CT molecular complexity index is 487. The van der Waals surface area contributed by atoms with Crippen LogP contribution in [0.15, 0.2) is 0 Å². The van der Waals surface area contributed by atoms with Gasteiger partial charge in [0.25, 0.3) is 0 Å². The summed E-state index contributed by atoms with van der Waals surface area (Å²) in [5.41, 5.74) is 0. The summed E-state index contributed by atoms with van der Waals surface area (Å²) in [4.78, 5) is 14.7. The normalized spacial score (nSPS) is 25.4. The number of hydrogen-bond donors (Lipinski definition) is 1. The number of sulfonamides is 1. The van der Waals surface area contributed by atoms with Crippen molar-refractivity contribution >= 4 is 15.9 Å². The standard InChI is InChI=1S/C16H31N3O3S/c1-14-6-11-18(12-7-14)9-4-8-17-16(20)15-5-3-10-19(13-15)23(2,21)22/h14-15H,3-13H2,1-2H3,(H,17,20)/t15-/m1/s1. The summed E-state index contributed by atoms with van der Waals surface area (Å²) >= 11 is 0. The number of carbonyl (C=O) groups excluding carboxylic acids is 1. The van der Waals surface area contributed by atoms with Gasteiger partial charge in [0.1, 0.15) is 0 Å². The van der Waals surface area contributed by atoms with Crippen LogP contribution in [0.4, 0.5) is 0 Å². The molecule has 0 aromatic carbocycles. The van der Waals surface area contributed by atoms with Gasteiger partial charge < -0.3 is 10.2 Å². The fraction of sp³-hybridized carbons (Fsp3) is 0.938. The van der Waals surface area contributed by atoms with E-state index < -0.39 is 10.0 Å². The SMILES string of the molecule is CC1CCN(CCCNC(=O)[C@@H]2CCCN(S(C)(=O)=O)C2)CC1. The number of nitrogens with zero attached hydrogens (tertiary/aromatic N) is 2. The first kappa shape index (κ1) is 18.7. The molecule has 0 aromatic heterocycles. The lowest BCUT2D eigenvalue weighted by molar-refractivity contribution is -0.126. The molecule has 1 N–H and O–H groups in total. The van der Waals surface area contributed by atoms with Gasteiger partial charge in [-0.05, 0) is 57.7 Å². The molecule has 0 aromatic rings. The van der Waals surface area contributed by atoms with Crippen LogP contribution in [0.25, 0.3) is 0 Å². The molecule has 0 spiro atoms. The summed E-state index contributed by atoms with van der Waals surface area (Å²) in [6, 6.07) is 0. The molecule has 0 radical (unpaired) electrons. The number of nitrogens with one attached hydrogen (secondary N) is 1. The highest BCUT2D eigenvalue weighted by molar-refractivity contribution is 7.88. The molecule has 2 fully saturated rings. The summed E-state index contributed by atoms with van der Waals surface area (Å²) in [6.07, 6.45) is 6.26. The predicted molar refractivity (Wildman–Crippen MR) is 91.6 cm³/mol. The second-order valence-corrected chi connectivity index (χ2v) is 9.11. The Hall–Kier alpha value is -0.660. The van der Waals surface area contributed by atoms with E-state index in [0.717, 1.165) is 31.7 Å². The Morgan fingerprint density at radius 3 is 2.52 bits per heavy atom. The van der Waals surface area contributed by atoms with Crippen LogP contribution in [-0.4, -0.2) is 69.1 Å². The van der Waals surface area contributed by atoms with Gasteiger partial charge in [-0.25, -0.2) is 12.7 Å². The van der Waals surface area contributed by atoms with E-state index in [-0.39, 0.29) is 11.8 Å². The van der Waals surface area contributed by atoms with E-state index >= 15 is 0 Å². The highest BCUT2D eigenvalue weighted by Crippen LogP contribution is 2.19. The minimum absolute atomic E-state index is 0.00520. The first-order chi connectivity index (χ1) is 10.9. The van der Waals surface area contributed by atoms with Crippen LogP contribution >= 0.6 is 0 Å². The molecule has 2 saturated heterocycles. The van der Waals surface area contributed by atoms with E-state index in [4.69, 9.17) is 0 Å². The van der Waals surface area contributed by atoms with Gasteiger partial charge in [0.05, 0.1) is 12.2 Å². The molecule has 2 aliphatic heterocycles. The monoisotopic (exact) mass is 345 g/mol. The van der Waals surface area contributed by atoms with Crippen molar-refractivity contribution in [3.05, 3.63) is 0 Å². The Balaban J connectivity index is 1.64. The molecule has 134 valence electrons. The maximum Gasteiger partial charge on any atom is 0.224 e. The average molecular weight is 346 g/mol. The molecule has 23 heavy (non-hydrogen) atoms. The molecule has 1 amide bonds. The fourth-order valence-electron chi connectivity index (χ4n) is 3.40. The van der Waals surface area contributed by atoms with Gasteiger partial charge in [0, 0.05) is 19.6 Å². The van der Waals surface area contributed by atoms with Crippen LogP contribution < -0.4 is 5.32 Å². The van der Waals surface area contributed by atoms with Crippen molar-refractivity contribution in [2.24, 2.45) is 11.8 Å². The largest absolute Gasteiger partial charge is 0.356 e. The topological polar surface area (TPSA) is 69.7 Å². The molecule has 2 heterocycles. The molecule has 0 unspecified atom stereocenters. The van der Waals surface area contributed by atoms with Crippen molar-refractivity contribution in [3.63, 3.8) is 0 Å². The highest BCUT2D eigenvalue weighted by atomic mass is 32.2. The zero-order valence-electron chi connectivity index (χ0n) is 14.5.